The Kier molecular flexibility index (Phi) is 4.29. The highest BCUT2D eigenvalue weighted by Gasteiger charge is 2.43. The van der Waals surface area contributed by atoms with Gasteiger partial charge in [-0.25, -0.2) is 9.86 Å². The van der Waals surface area contributed by atoms with E-state index in [0.29, 0.717) is 34.6 Å². The lowest BCUT2D eigenvalue weighted by atomic mass is 9.85. The summed E-state index contributed by atoms with van der Waals surface area (Å²) in [6.45, 7) is 1.92. The number of amides is 1. The Morgan fingerprint density at radius 3 is 2.71 bits per heavy atom. The molecule has 1 atom stereocenters. The molecule has 21 heavy (non-hydrogen) atoms. The van der Waals surface area contributed by atoms with E-state index >= 15 is 0 Å². The Bertz CT molecular complexity index is 571. The van der Waals surface area contributed by atoms with Gasteiger partial charge in [0.15, 0.2) is 5.60 Å². The molecular weight excluding hydrogens is 274 g/mol. The van der Waals surface area contributed by atoms with E-state index in [1.54, 1.807) is 19.1 Å². The molecule has 1 saturated heterocycles. The van der Waals surface area contributed by atoms with Gasteiger partial charge in [-0.3, -0.25) is 10.0 Å². The van der Waals surface area contributed by atoms with E-state index in [9.17, 15) is 19.9 Å². The zero-order valence-corrected chi connectivity index (χ0v) is 12.1. The largest absolute Gasteiger partial charge is 0.465 e. The highest BCUT2D eigenvalue weighted by molar-refractivity contribution is 5.90. The first-order chi connectivity index (χ1) is 9.90. The number of rotatable bonds is 2. The number of esters is 1. The molecule has 0 bridgehead atoms. The van der Waals surface area contributed by atoms with Gasteiger partial charge in [0.25, 0.3) is 5.91 Å². The van der Waals surface area contributed by atoms with E-state index in [0.717, 1.165) is 0 Å². The first-order valence-electron chi connectivity index (χ1n) is 6.83. The van der Waals surface area contributed by atoms with E-state index in [1.165, 1.54) is 13.2 Å². The molecule has 1 amide bonds. The lowest BCUT2D eigenvalue weighted by Gasteiger charge is -2.29. The van der Waals surface area contributed by atoms with Gasteiger partial charge in [-0.2, -0.15) is 0 Å². The Labute approximate surface area is 122 Å². The van der Waals surface area contributed by atoms with Gasteiger partial charge in [-0.15, -0.1) is 0 Å². The van der Waals surface area contributed by atoms with Gasteiger partial charge >= 0.3 is 5.97 Å². The van der Waals surface area contributed by atoms with Crippen LogP contribution in [0, 0.1) is 6.92 Å². The van der Waals surface area contributed by atoms with Crippen LogP contribution in [0.25, 0.3) is 0 Å². The topological polar surface area (TPSA) is 87.1 Å². The van der Waals surface area contributed by atoms with E-state index in [4.69, 9.17) is 0 Å². The van der Waals surface area contributed by atoms with E-state index in [-0.39, 0.29) is 13.0 Å². The predicted molar refractivity (Wildman–Crippen MR) is 73.8 cm³/mol. The van der Waals surface area contributed by atoms with E-state index in [1.807, 2.05) is 0 Å². The normalized spacial score (nSPS) is 22.9. The molecule has 1 aromatic rings. The fourth-order valence-corrected chi connectivity index (χ4v) is 2.69. The zero-order valence-electron chi connectivity index (χ0n) is 12.1. The summed E-state index contributed by atoms with van der Waals surface area (Å²) in [5.74, 6) is -1.21. The van der Waals surface area contributed by atoms with Crippen LogP contribution < -0.4 is 0 Å². The van der Waals surface area contributed by atoms with Crippen molar-refractivity contribution in [2.75, 3.05) is 13.7 Å². The lowest BCUT2D eigenvalue weighted by molar-refractivity contribution is -0.184. The standard InChI is InChI=1S/C15H19NO5/c1-10-9-11(13(17)21-2)5-6-12(10)15(19)7-3-4-8-16(20)14(15)18/h5-6,9,19-20H,3-4,7-8H2,1-2H3. The second kappa shape index (κ2) is 5.83. The second-order valence-corrected chi connectivity index (χ2v) is 5.27. The summed E-state index contributed by atoms with van der Waals surface area (Å²) < 4.78 is 4.64. The smallest absolute Gasteiger partial charge is 0.337 e. The van der Waals surface area contributed by atoms with Crippen molar-refractivity contribution in [3.05, 3.63) is 34.9 Å². The van der Waals surface area contributed by atoms with Crippen LogP contribution in [0.3, 0.4) is 0 Å². The highest BCUT2D eigenvalue weighted by atomic mass is 16.5. The Morgan fingerprint density at radius 1 is 1.38 bits per heavy atom. The molecule has 6 heteroatoms. The van der Waals surface area contributed by atoms with Crippen molar-refractivity contribution in [3.63, 3.8) is 0 Å². The van der Waals surface area contributed by atoms with Gasteiger partial charge in [-0.05, 0) is 49.4 Å². The fraction of sp³-hybridized carbons (Fsp3) is 0.467. The molecule has 1 aromatic carbocycles. The molecule has 1 heterocycles. The molecule has 114 valence electrons. The second-order valence-electron chi connectivity index (χ2n) is 5.27. The minimum atomic E-state index is -1.76. The van der Waals surface area contributed by atoms with Crippen LogP contribution in [0.15, 0.2) is 18.2 Å². The molecule has 2 N–H and O–H groups in total. The molecule has 0 aromatic heterocycles. The quantitative estimate of drug-likeness (QED) is 0.635. The summed E-state index contributed by atoms with van der Waals surface area (Å²) >= 11 is 0. The molecule has 1 aliphatic rings. The third kappa shape index (κ3) is 2.77. The van der Waals surface area contributed by atoms with Crippen molar-refractivity contribution in [1.82, 2.24) is 5.06 Å². The minimum absolute atomic E-state index is 0.209. The third-order valence-electron chi connectivity index (χ3n) is 3.84. The maximum Gasteiger partial charge on any atom is 0.337 e. The summed E-state index contributed by atoms with van der Waals surface area (Å²) in [6, 6.07) is 4.61. The number of carbonyl (C=O) groups excluding carboxylic acids is 2. The van der Waals surface area contributed by atoms with Crippen LogP contribution in [0.5, 0.6) is 0 Å². The van der Waals surface area contributed by atoms with Crippen LogP contribution in [0.1, 0.15) is 40.7 Å². The molecule has 6 nitrogen and oxygen atoms in total. The predicted octanol–water partition coefficient (Wildman–Crippen LogP) is 1.37. The van der Waals surface area contributed by atoms with Crippen LogP contribution in [0.4, 0.5) is 0 Å². The lowest BCUT2D eigenvalue weighted by Crippen LogP contribution is -2.44. The molecule has 1 fully saturated rings. The van der Waals surface area contributed by atoms with Crippen molar-refractivity contribution in [1.29, 1.82) is 0 Å². The first-order valence-corrected chi connectivity index (χ1v) is 6.83. The Hall–Kier alpha value is -1.92. The number of benzene rings is 1. The van der Waals surface area contributed by atoms with Gasteiger partial charge < -0.3 is 9.84 Å². The zero-order chi connectivity index (χ0) is 15.6. The van der Waals surface area contributed by atoms with Crippen molar-refractivity contribution in [2.45, 2.75) is 31.8 Å². The fourth-order valence-electron chi connectivity index (χ4n) is 2.69. The molecular formula is C15H19NO5. The number of hydrogen-bond acceptors (Lipinski definition) is 5. The van der Waals surface area contributed by atoms with Crippen molar-refractivity contribution >= 4 is 11.9 Å². The van der Waals surface area contributed by atoms with E-state index in [2.05, 4.69) is 4.74 Å². The van der Waals surface area contributed by atoms with Crippen LogP contribution in [0.2, 0.25) is 0 Å². The number of nitrogens with zero attached hydrogens (tertiary/aromatic N) is 1. The van der Waals surface area contributed by atoms with Crippen LogP contribution >= 0.6 is 0 Å². The van der Waals surface area contributed by atoms with Gasteiger partial charge in [-0.1, -0.05) is 6.07 Å². The molecule has 1 aliphatic heterocycles. The number of aliphatic hydroxyl groups is 1. The van der Waals surface area contributed by atoms with Crippen molar-refractivity contribution in [2.24, 2.45) is 0 Å². The maximum absolute atomic E-state index is 12.2. The first kappa shape index (κ1) is 15.5. The maximum atomic E-state index is 12.2. The van der Waals surface area contributed by atoms with Crippen LogP contribution in [-0.2, 0) is 15.1 Å². The van der Waals surface area contributed by atoms with Crippen molar-refractivity contribution in [3.8, 4) is 0 Å². The molecule has 2 rings (SSSR count). The summed E-state index contributed by atoms with van der Waals surface area (Å²) in [6.07, 6.45) is 1.49. The highest BCUT2D eigenvalue weighted by Crippen LogP contribution is 2.34. The average molecular weight is 293 g/mol. The number of hydroxylamine groups is 2. The summed E-state index contributed by atoms with van der Waals surface area (Å²) in [5, 5.41) is 21.0. The molecule has 0 aliphatic carbocycles. The molecule has 0 radical (unpaired) electrons. The minimum Gasteiger partial charge on any atom is -0.465 e. The Balaban J connectivity index is 2.44. The molecule has 0 saturated carbocycles. The Morgan fingerprint density at radius 2 is 2.10 bits per heavy atom. The van der Waals surface area contributed by atoms with Crippen LogP contribution in [-0.4, -0.2) is 40.9 Å². The van der Waals surface area contributed by atoms with Gasteiger partial charge in [0.1, 0.15) is 0 Å². The van der Waals surface area contributed by atoms with Crippen molar-refractivity contribution < 1.29 is 24.6 Å². The molecule has 1 unspecified atom stereocenters. The SMILES string of the molecule is COC(=O)c1ccc(C2(O)CCCCN(O)C2=O)c(C)c1. The van der Waals surface area contributed by atoms with Gasteiger partial charge in [0.2, 0.25) is 0 Å². The summed E-state index contributed by atoms with van der Waals surface area (Å²) in [4.78, 5) is 23.7. The van der Waals surface area contributed by atoms with Gasteiger partial charge in [0, 0.05) is 6.54 Å². The number of ether oxygens (including phenoxy) is 1. The average Bonchev–Trinajstić information content (AvgIpc) is 2.60. The summed E-state index contributed by atoms with van der Waals surface area (Å²) in [7, 11) is 1.29. The number of aryl methyl sites for hydroxylation is 1. The number of methoxy groups -OCH3 is 1. The third-order valence-corrected chi connectivity index (χ3v) is 3.84. The van der Waals surface area contributed by atoms with E-state index < -0.39 is 17.5 Å². The number of hydrogen-bond donors (Lipinski definition) is 2. The molecule has 0 spiro atoms. The monoisotopic (exact) mass is 293 g/mol. The number of carbonyl (C=O) groups is 2. The van der Waals surface area contributed by atoms with Gasteiger partial charge in [0.05, 0.1) is 12.7 Å². The summed E-state index contributed by atoms with van der Waals surface area (Å²) in [5.41, 5.74) is -0.404.